The lowest BCUT2D eigenvalue weighted by atomic mass is 9.88. The molecule has 92 valence electrons. The fourth-order valence-corrected chi connectivity index (χ4v) is 3.09. The van der Waals surface area contributed by atoms with Crippen molar-refractivity contribution < 1.29 is 4.79 Å². The average Bonchev–Trinajstić information content (AvgIpc) is 2.78. The van der Waals surface area contributed by atoms with E-state index < -0.39 is 0 Å². The van der Waals surface area contributed by atoms with Gasteiger partial charge in [0.2, 0.25) is 0 Å². The Morgan fingerprint density at radius 1 is 1.19 bits per heavy atom. The van der Waals surface area contributed by atoms with Crippen LogP contribution in [0.2, 0.25) is 0 Å². The molecule has 2 aliphatic rings. The van der Waals surface area contributed by atoms with Gasteiger partial charge in [0.1, 0.15) is 0 Å². The number of carbonyl (C=O) groups excluding carboxylic acids is 1. The molecule has 0 bridgehead atoms. The summed E-state index contributed by atoms with van der Waals surface area (Å²) in [5.41, 5.74) is 0. The van der Waals surface area contributed by atoms with Gasteiger partial charge in [-0.15, -0.1) is 0 Å². The van der Waals surface area contributed by atoms with Crippen LogP contribution in [-0.2, 0) is 0 Å². The first kappa shape index (κ1) is 11.7. The van der Waals surface area contributed by atoms with E-state index in [4.69, 9.17) is 0 Å². The predicted molar refractivity (Wildman–Crippen MR) is 64.4 cm³/mol. The maximum atomic E-state index is 11.7. The molecule has 0 aliphatic carbocycles. The van der Waals surface area contributed by atoms with Gasteiger partial charge in [-0.3, -0.25) is 0 Å². The molecule has 1 unspecified atom stereocenters. The lowest BCUT2D eigenvalue weighted by Crippen LogP contribution is -2.47. The summed E-state index contributed by atoms with van der Waals surface area (Å²) < 4.78 is 0. The number of urea groups is 1. The van der Waals surface area contributed by atoms with Gasteiger partial charge in [0.15, 0.2) is 0 Å². The van der Waals surface area contributed by atoms with E-state index in [1.54, 1.807) is 7.05 Å². The molecule has 4 nitrogen and oxygen atoms in total. The number of piperidine rings is 1. The van der Waals surface area contributed by atoms with Crippen LogP contribution in [0.25, 0.3) is 0 Å². The molecule has 1 N–H and O–H groups in total. The summed E-state index contributed by atoms with van der Waals surface area (Å²) in [6.07, 6.45) is 4.86. The van der Waals surface area contributed by atoms with Crippen LogP contribution in [0.5, 0.6) is 0 Å². The van der Waals surface area contributed by atoms with Gasteiger partial charge in [0.25, 0.3) is 0 Å². The van der Waals surface area contributed by atoms with Crippen LogP contribution in [0.4, 0.5) is 4.79 Å². The minimum absolute atomic E-state index is 0.112. The van der Waals surface area contributed by atoms with Gasteiger partial charge in [-0.05, 0) is 51.7 Å². The smallest absolute Gasteiger partial charge is 0.317 e. The third-order valence-electron chi connectivity index (χ3n) is 4.08. The SMILES string of the molecule is CNC(=O)N1CCCC1C1CCN(C)CC1. The first-order valence-corrected chi connectivity index (χ1v) is 6.39. The molecular weight excluding hydrogens is 202 g/mol. The first-order chi connectivity index (χ1) is 7.72. The van der Waals surface area contributed by atoms with Crippen molar-refractivity contribution in [2.75, 3.05) is 33.7 Å². The fourth-order valence-electron chi connectivity index (χ4n) is 3.09. The highest BCUT2D eigenvalue weighted by molar-refractivity contribution is 5.74. The Hall–Kier alpha value is -0.770. The molecule has 0 radical (unpaired) electrons. The number of hydrogen-bond donors (Lipinski definition) is 1. The highest BCUT2D eigenvalue weighted by Crippen LogP contribution is 2.30. The predicted octanol–water partition coefficient (Wildman–Crippen LogP) is 1.13. The highest BCUT2D eigenvalue weighted by atomic mass is 16.2. The quantitative estimate of drug-likeness (QED) is 0.726. The Labute approximate surface area is 98.0 Å². The highest BCUT2D eigenvalue weighted by Gasteiger charge is 2.35. The van der Waals surface area contributed by atoms with Crippen molar-refractivity contribution in [1.29, 1.82) is 0 Å². The minimum Gasteiger partial charge on any atom is -0.341 e. The summed E-state index contributed by atoms with van der Waals surface area (Å²) in [7, 11) is 3.91. The van der Waals surface area contributed by atoms with Crippen molar-refractivity contribution in [3.05, 3.63) is 0 Å². The Kier molecular flexibility index (Phi) is 3.69. The zero-order valence-corrected chi connectivity index (χ0v) is 10.4. The molecule has 0 aromatic carbocycles. The molecule has 0 spiro atoms. The molecule has 1 atom stereocenters. The molecule has 0 saturated carbocycles. The van der Waals surface area contributed by atoms with Gasteiger partial charge in [0.05, 0.1) is 0 Å². The Morgan fingerprint density at radius 3 is 2.50 bits per heavy atom. The van der Waals surface area contributed by atoms with Crippen LogP contribution in [0.15, 0.2) is 0 Å². The number of amides is 2. The molecule has 2 heterocycles. The van der Waals surface area contributed by atoms with E-state index in [1.165, 1.54) is 38.8 Å². The van der Waals surface area contributed by atoms with Gasteiger partial charge in [-0.25, -0.2) is 4.79 Å². The molecule has 0 aromatic rings. The number of carbonyl (C=O) groups is 1. The number of nitrogens with zero attached hydrogens (tertiary/aromatic N) is 2. The Morgan fingerprint density at radius 2 is 1.88 bits per heavy atom. The van der Waals surface area contributed by atoms with E-state index in [1.807, 2.05) is 0 Å². The zero-order valence-electron chi connectivity index (χ0n) is 10.4. The van der Waals surface area contributed by atoms with Crippen molar-refractivity contribution in [2.24, 2.45) is 5.92 Å². The summed E-state index contributed by atoms with van der Waals surface area (Å²) in [6.45, 7) is 3.31. The van der Waals surface area contributed by atoms with Crippen LogP contribution in [-0.4, -0.2) is 55.6 Å². The number of rotatable bonds is 1. The maximum Gasteiger partial charge on any atom is 0.317 e. The van der Waals surface area contributed by atoms with Crippen LogP contribution in [0.3, 0.4) is 0 Å². The number of likely N-dealkylation sites (tertiary alicyclic amines) is 2. The third-order valence-corrected chi connectivity index (χ3v) is 4.08. The van der Waals surface area contributed by atoms with E-state index in [-0.39, 0.29) is 6.03 Å². The fraction of sp³-hybridized carbons (Fsp3) is 0.917. The third kappa shape index (κ3) is 2.32. The van der Waals surface area contributed by atoms with Crippen LogP contribution < -0.4 is 5.32 Å². The lowest BCUT2D eigenvalue weighted by molar-refractivity contribution is 0.133. The molecule has 2 aliphatic heterocycles. The van der Waals surface area contributed by atoms with Crippen LogP contribution in [0.1, 0.15) is 25.7 Å². The standard InChI is InChI=1S/C12H23N3O/c1-13-12(16)15-7-3-4-11(15)10-5-8-14(2)9-6-10/h10-11H,3-9H2,1-2H3,(H,13,16). The molecule has 2 amide bonds. The summed E-state index contributed by atoms with van der Waals surface area (Å²) in [6, 6.07) is 0.607. The summed E-state index contributed by atoms with van der Waals surface area (Å²) >= 11 is 0. The molecule has 2 saturated heterocycles. The topological polar surface area (TPSA) is 35.6 Å². The first-order valence-electron chi connectivity index (χ1n) is 6.39. The largest absolute Gasteiger partial charge is 0.341 e. The second-order valence-electron chi connectivity index (χ2n) is 5.10. The number of hydrogen-bond acceptors (Lipinski definition) is 2. The average molecular weight is 225 g/mol. The van der Waals surface area contributed by atoms with Crippen LogP contribution in [0, 0.1) is 5.92 Å². The van der Waals surface area contributed by atoms with Gasteiger partial charge in [-0.1, -0.05) is 0 Å². The minimum atomic E-state index is 0.112. The van der Waals surface area contributed by atoms with Gasteiger partial charge >= 0.3 is 6.03 Å². The Bertz CT molecular complexity index is 249. The van der Waals surface area contributed by atoms with Gasteiger partial charge in [-0.2, -0.15) is 0 Å². The van der Waals surface area contributed by atoms with Crippen molar-refractivity contribution in [2.45, 2.75) is 31.7 Å². The monoisotopic (exact) mass is 225 g/mol. The van der Waals surface area contributed by atoms with Gasteiger partial charge in [0, 0.05) is 19.6 Å². The van der Waals surface area contributed by atoms with Crippen molar-refractivity contribution in [3.8, 4) is 0 Å². The molecule has 0 aromatic heterocycles. The molecule has 2 fully saturated rings. The number of nitrogens with one attached hydrogen (secondary N) is 1. The van der Waals surface area contributed by atoms with E-state index in [2.05, 4.69) is 22.2 Å². The van der Waals surface area contributed by atoms with E-state index in [9.17, 15) is 4.79 Å². The molecule has 16 heavy (non-hydrogen) atoms. The van der Waals surface area contributed by atoms with E-state index in [0.29, 0.717) is 6.04 Å². The van der Waals surface area contributed by atoms with E-state index >= 15 is 0 Å². The Balaban J connectivity index is 1.94. The lowest BCUT2D eigenvalue weighted by Gasteiger charge is -2.36. The van der Waals surface area contributed by atoms with Crippen LogP contribution >= 0.6 is 0 Å². The molecular formula is C12H23N3O. The second-order valence-corrected chi connectivity index (χ2v) is 5.10. The summed E-state index contributed by atoms with van der Waals surface area (Å²) in [4.78, 5) is 16.2. The maximum absolute atomic E-state index is 11.7. The van der Waals surface area contributed by atoms with Crippen molar-refractivity contribution in [3.63, 3.8) is 0 Å². The second kappa shape index (κ2) is 5.04. The molecule has 4 heteroatoms. The normalized spacial score (nSPS) is 28.4. The molecule has 2 rings (SSSR count). The van der Waals surface area contributed by atoms with Crippen molar-refractivity contribution >= 4 is 6.03 Å². The van der Waals surface area contributed by atoms with E-state index in [0.717, 1.165) is 12.5 Å². The summed E-state index contributed by atoms with van der Waals surface area (Å²) in [5.74, 6) is 0.719. The van der Waals surface area contributed by atoms with Crippen molar-refractivity contribution in [1.82, 2.24) is 15.1 Å². The zero-order chi connectivity index (χ0) is 11.5. The summed E-state index contributed by atoms with van der Waals surface area (Å²) in [5, 5.41) is 2.76. The van der Waals surface area contributed by atoms with Gasteiger partial charge < -0.3 is 15.1 Å².